The Morgan fingerprint density at radius 2 is 2.19 bits per heavy atom. The summed E-state index contributed by atoms with van der Waals surface area (Å²) in [5.41, 5.74) is 2.95. The van der Waals surface area contributed by atoms with E-state index in [2.05, 4.69) is 39.1 Å². The van der Waals surface area contributed by atoms with Crippen LogP contribution in [0.1, 0.15) is 43.1 Å². The van der Waals surface area contributed by atoms with Crippen LogP contribution in [0.15, 0.2) is 18.2 Å². The molecule has 1 aromatic rings. The van der Waals surface area contributed by atoms with Gasteiger partial charge in [-0.3, -0.25) is 4.79 Å². The van der Waals surface area contributed by atoms with Crippen LogP contribution in [0, 0.1) is 6.92 Å². The number of amides is 1. The summed E-state index contributed by atoms with van der Waals surface area (Å²) in [6, 6.07) is 6.06. The minimum Gasteiger partial charge on any atom is -0.384 e. The van der Waals surface area contributed by atoms with Crippen molar-refractivity contribution in [3.63, 3.8) is 0 Å². The molecule has 1 saturated heterocycles. The van der Waals surface area contributed by atoms with E-state index in [9.17, 15) is 4.79 Å². The summed E-state index contributed by atoms with van der Waals surface area (Å²) in [4.78, 5) is 14.9. The maximum atomic E-state index is 12.9. The first-order chi connectivity index (χ1) is 9.93. The fraction of sp³-hybridized carbons (Fsp3) is 0.588. The summed E-state index contributed by atoms with van der Waals surface area (Å²) in [6.07, 6.45) is 1.05. The monoisotopic (exact) mass is 306 g/mol. The number of hydrogen-bond donors (Lipinski definition) is 1. The van der Waals surface area contributed by atoms with Gasteiger partial charge >= 0.3 is 0 Å². The van der Waals surface area contributed by atoms with Crippen LogP contribution in [-0.4, -0.2) is 40.9 Å². The summed E-state index contributed by atoms with van der Waals surface area (Å²) < 4.78 is 0.148. The molecule has 1 aromatic carbocycles. The molecule has 0 aromatic heterocycles. The minimum atomic E-state index is 0.148. The van der Waals surface area contributed by atoms with Crippen molar-refractivity contribution >= 4 is 23.4 Å². The van der Waals surface area contributed by atoms with Crippen molar-refractivity contribution in [3.8, 4) is 0 Å². The van der Waals surface area contributed by atoms with Crippen molar-refractivity contribution in [1.82, 2.24) is 4.90 Å². The lowest BCUT2D eigenvalue weighted by Gasteiger charge is -2.37. The molecule has 0 unspecified atom stereocenters. The Hall–Kier alpha value is -1.16. The molecule has 1 aliphatic heterocycles. The van der Waals surface area contributed by atoms with Gasteiger partial charge < -0.3 is 10.2 Å². The number of nitrogens with one attached hydrogen (secondary N) is 1. The summed E-state index contributed by atoms with van der Waals surface area (Å²) in [5.74, 6) is 1.17. The fourth-order valence-corrected chi connectivity index (χ4v) is 3.72. The Kier molecular flexibility index (Phi) is 5.20. The van der Waals surface area contributed by atoms with Gasteiger partial charge in [-0.25, -0.2) is 0 Å². The third-order valence-corrected chi connectivity index (χ3v) is 4.98. The van der Waals surface area contributed by atoms with E-state index in [4.69, 9.17) is 0 Å². The van der Waals surface area contributed by atoms with Crippen molar-refractivity contribution in [3.05, 3.63) is 29.3 Å². The van der Waals surface area contributed by atoms with E-state index in [-0.39, 0.29) is 10.7 Å². The number of aryl methyl sites for hydroxylation is 1. The molecule has 1 amide bonds. The predicted molar refractivity (Wildman–Crippen MR) is 92.4 cm³/mol. The average molecular weight is 306 g/mol. The van der Waals surface area contributed by atoms with Crippen molar-refractivity contribution in [2.45, 2.75) is 38.9 Å². The molecular weight excluding hydrogens is 280 g/mol. The van der Waals surface area contributed by atoms with Crippen LogP contribution in [0.5, 0.6) is 0 Å². The van der Waals surface area contributed by atoms with Gasteiger partial charge in [0.1, 0.15) is 0 Å². The Morgan fingerprint density at radius 3 is 2.86 bits per heavy atom. The lowest BCUT2D eigenvalue weighted by molar-refractivity contribution is 0.0749. The first-order valence-electron chi connectivity index (χ1n) is 7.71. The molecule has 1 heterocycles. The van der Waals surface area contributed by atoms with Gasteiger partial charge in [0.15, 0.2) is 0 Å². The highest BCUT2D eigenvalue weighted by atomic mass is 32.2. The molecule has 1 aliphatic rings. The van der Waals surface area contributed by atoms with Crippen molar-refractivity contribution in [2.75, 3.05) is 30.7 Å². The van der Waals surface area contributed by atoms with Crippen LogP contribution in [0.25, 0.3) is 0 Å². The van der Waals surface area contributed by atoms with Gasteiger partial charge in [0.05, 0.1) is 5.56 Å². The molecule has 0 atom stereocenters. The second-order valence-corrected chi connectivity index (χ2v) is 8.11. The number of anilines is 1. The standard InChI is InChI=1S/C17H26N2OS/c1-5-8-18-15-11-13(2)6-7-14(15)16(20)19-9-10-21-17(3,4)12-19/h6-7,11,18H,5,8-10,12H2,1-4H3. The van der Waals surface area contributed by atoms with E-state index >= 15 is 0 Å². The zero-order valence-electron chi connectivity index (χ0n) is 13.5. The second-order valence-electron chi connectivity index (χ2n) is 6.31. The number of rotatable bonds is 4. The number of benzene rings is 1. The number of nitrogens with zero attached hydrogens (tertiary/aromatic N) is 1. The second kappa shape index (κ2) is 6.73. The molecule has 4 heteroatoms. The molecule has 3 nitrogen and oxygen atoms in total. The van der Waals surface area contributed by atoms with E-state index in [1.54, 1.807) is 0 Å². The third kappa shape index (κ3) is 4.16. The molecule has 0 spiro atoms. The lowest BCUT2D eigenvalue weighted by Crippen LogP contribution is -2.46. The number of thioether (sulfide) groups is 1. The van der Waals surface area contributed by atoms with Crippen molar-refractivity contribution in [1.29, 1.82) is 0 Å². The first-order valence-corrected chi connectivity index (χ1v) is 8.69. The number of carbonyl (C=O) groups is 1. The summed E-state index contributed by atoms with van der Waals surface area (Å²) >= 11 is 1.95. The normalized spacial score (nSPS) is 17.6. The summed E-state index contributed by atoms with van der Waals surface area (Å²) in [7, 11) is 0. The topological polar surface area (TPSA) is 32.3 Å². The fourth-order valence-electron chi connectivity index (χ4n) is 2.61. The van der Waals surface area contributed by atoms with Gasteiger partial charge in [0, 0.05) is 35.8 Å². The summed E-state index contributed by atoms with van der Waals surface area (Å²) in [6.45, 7) is 11.2. The van der Waals surface area contributed by atoms with Crippen LogP contribution in [0.4, 0.5) is 5.69 Å². The quantitative estimate of drug-likeness (QED) is 0.918. The van der Waals surface area contributed by atoms with E-state index in [1.165, 1.54) is 5.56 Å². The van der Waals surface area contributed by atoms with Gasteiger partial charge in [0.2, 0.25) is 0 Å². The van der Waals surface area contributed by atoms with Crippen molar-refractivity contribution < 1.29 is 4.79 Å². The van der Waals surface area contributed by atoms with Crippen molar-refractivity contribution in [2.24, 2.45) is 0 Å². The first kappa shape index (κ1) is 16.2. The molecule has 1 N–H and O–H groups in total. The van der Waals surface area contributed by atoms with Crippen LogP contribution < -0.4 is 5.32 Å². The third-order valence-electron chi connectivity index (χ3n) is 3.68. The number of hydrogen-bond acceptors (Lipinski definition) is 3. The van der Waals surface area contributed by atoms with Gasteiger partial charge in [0.25, 0.3) is 5.91 Å². The highest BCUT2D eigenvalue weighted by molar-refractivity contribution is 8.00. The van der Waals surface area contributed by atoms with Gasteiger partial charge in [-0.05, 0) is 44.9 Å². The van der Waals surface area contributed by atoms with Crippen LogP contribution >= 0.6 is 11.8 Å². The summed E-state index contributed by atoms with van der Waals surface area (Å²) in [5, 5.41) is 3.39. The Morgan fingerprint density at radius 1 is 1.43 bits per heavy atom. The van der Waals surface area contributed by atoms with Gasteiger partial charge in [-0.15, -0.1) is 0 Å². The zero-order chi connectivity index (χ0) is 15.5. The largest absolute Gasteiger partial charge is 0.384 e. The number of carbonyl (C=O) groups excluding carboxylic acids is 1. The molecule has 1 fully saturated rings. The van der Waals surface area contributed by atoms with Crippen LogP contribution in [-0.2, 0) is 0 Å². The SMILES string of the molecule is CCCNc1cc(C)ccc1C(=O)N1CCSC(C)(C)C1. The molecule has 21 heavy (non-hydrogen) atoms. The maximum Gasteiger partial charge on any atom is 0.256 e. The Balaban J connectivity index is 2.21. The van der Waals surface area contributed by atoms with E-state index in [0.717, 1.165) is 43.1 Å². The van der Waals surface area contributed by atoms with E-state index < -0.39 is 0 Å². The average Bonchev–Trinajstić information content (AvgIpc) is 2.43. The lowest BCUT2D eigenvalue weighted by atomic mass is 10.1. The zero-order valence-corrected chi connectivity index (χ0v) is 14.3. The van der Waals surface area contributed by atoms with Crippen LogP contribution in [0.3, 0.4) is 0 Å². The van der Waals surface area contributed by atoms with Gasteiger partial charge in [-0.2, -0.15) is 11.8 Å². The molecule has 116 valence electrons. The molecule has 0 radical (unpaired) electrons. The maximum absolute atomic E-state index is 12.9. The van der Waals surface area contributed by atoms with Gasteiger partial charge in [-0.1, -0.05) is 13.0 Å². The highest BCUT2D eigenvalue weighted by Gasteiger charge is 2.30. The molecule has 0 saturated carbocycles. The van der Waals surface area contributed by atoms with Crippen LogP contribution in [0.2, 0.25) is 0 Å². The Labute approximate surface area is 132 Å². The predicted octanol–water partition coefficient (Wildman–Crippen LogP) is 3.78. The Bertz CT molecular complexity index is 514. The minimum absolute atomic E-state index is 0.148. The highest BCUT2D eigenvalue weighted by Crippen LogP contribution is 2.31. The molecule has 2 rings (SSSR count). The molecular formula is C17H26N2OS. The molecule has 0 bridgehead atoms. The van der Waals surface area contributed by atoms with E-state index in [1.807, 2.05) is 28.8 Å². The molecule has 0 aliphatic carbocycles. The van der Waals surface area contributed by atoms with E-state index in [0.29, 0.717) is 0 Å². The smallest absolute Gasteiger partial charge is 0.256 e.